The molecule has 0 aliphatic carbocycles. The van der Waals surface area contributed by atoms with Gasteiger partial charge in [0.2, 0.25) is 0 Å². The number of halogens is 3. The third-order valence-corrected chi connectivity index (χ3v) is 4.08. The SMILES string of the molecule is Cn1ccnc1C(NC(=O)c1ccc(F)cc1Cl)c1ccc(F)cc1. The first-order valence-corrected chi connectivity index (χ1v) is 7.82. The molecule has 0 saturated carbocycles. The Bertz CT molecular complexity index is 909. The van der Waals surface area contributed by atoms with Gasteiger partial charge in [0.25, 0.3) is 5.91 Å². The molecule has 128 valence electrons. The van der Waals surface area contributed by atoms with Crippen molar-refractivity contribution in [3.63, 3.8) is 0 Å². The van der Waals surface area contributed by atoms with Crippen LogP contribution < -0.4 is 5.32 Å². The average molecular weight is 362 g/mol. The number of carbonyl (C=O) groups is 1. The van der Waals surface area contributed by atoms with Crippen LogP contribution in [0.2, 0.25) is 5.02 Å². The smallest absolute Gasteiger partial charge is 0.253 e. The number of rotatable bonds is 4. The highest BCUT2D eigenvalue weighted by molar-refractivity contribution is 6.33. The molecular weight excluding hydrogens is 348 g/mol. The fraction of sp³-hybridized carbons (Fsp3) is 0.111. The molecule has 0 fully saturated rings. The maximum Gasteiger partial charge on any atom is 0.253 e. The fourth-order valence-electron chi connectivity index (χ4n) is 2.49. The standard InChI is InChI=1S/C18H14ClF2N3O/c1-24-9-8-22-17(24)16(11-2-4-12(20)5-3-11)23-18(25)14-7-6-13(21)10-15(14)19/h2-10,16H,1H3,(H,23,25). The van der Waals surface area contributed by atoms with E-state index in [9.17, 15) is 13.6 Å². The van der Waals surface area contributed by atoms with E-state index in [0.29, 0.717) is 11.4 Å². The molecule has 0 spiro atoms. The van der Waals surface area contributed by atoms with E-state index < -0.39 is 17.8 Å². The number of aryl methyl sites for hydroxylation is 1. The van der Waals surface area contributed by atoms with Gasteiger partial charge in [0.05, 0.1) is 10.6 Å². The summed E-state index contributed by atoms with van der Waals surface area (Å²) in [4.78, 5) is 16.9. The van der Waals surface area contributed by atoms with Crippen molar-refractivity contribution in [1.29, 1.82) is 0 Å². The number of hydrogen-bond acceptors (Lipinski definition) is 2. The molecule has 4 nitrogen and oxygen atoms in total. The second-order valence-corrected chi connectivity index (χ2v) is 5.89. The van der Waals surface area contributed by atoms with E-state index in [1.54, 1.807) is 36.1 Å². The monoisotopic (exact) mass is 361 g/mol. The van der Waals surface area contributed by atoms with Gasteiger partial charge in [0, 0.05) is 19.4 Å². The van der Waals surface area contributed by atoms with Gasteiger partial charge in [-0.05, 0) is 35.9 Å². The first-order valence-electron chi connectivity index (χ1n) is 7.44. The van der Waals surface area contributed by atoms with Crippen LogP contribution in [-0.2, 0) is 7.05 Å². The molecule has 1 aromatic heterocycles. The van der Waals surface area contributed by atoms with Gasteiger partial charge in [0.1, 0.15) is 23.5 Å². The van der Waals surface area contributed by atoms with Gasteiger partial charge < -0.3 is 9.88 Å². The van der Waals surface area contributed by atoms with E-state index in [1.807, 2.05) is 0 Å². The Balaban J connectivity index is 1.96. The zero-order chi connectivity index (χ0) is 18.0. The van der Waals surface area contributed by atoms with Crippen molar-refractivity contribution in [1.82, 2.24) is 14.9 Å². The van der Waals surface area contributed by atoms with E-state index in [2.05, 4.69) is 10.3 Å². The van der Waals surface area contributed by atoms with Crippen molar-refractivity contribution in [2.75, 3.05) is 0 Å². The second-order valence-electron chi connectivity index (χ2n) is 5.48. The molecule has 3 rings (SSSR count). The molecule has 1 heterocycles. The summed E-state index contributed by atoms with van der Waals surface area (Å²) < 4.78 is 28.2. The number of carbonyl (C=O) groups excluding carboxylic acids is 1. The summed E-state index contributed by atoms with van der Waals surface area (Å²) in [5, 5.41) is 2.83. The van der Waals surface area contributed by atoms with Gasteiger partial charge in [-0.2, -0.15) is 0 Å². The van der Waals surface area contributed by atoms with Crippen molar-refractivity contribution in [3.05, 3.63) is 88.5 Å². The molecule has 1 N–H and O–H groups in total. The lowest BCUT2D eigenvalue weighted by Crippen LogP contribution is -2.31. The lowest BCUT2D eigenvalue weighted by Gasteiger charge is -2.19. The summed E-state index contributed by atoms with van der Waals surface area (Å²) in [6, 6.07) is 8.69. The van der Waals surface area contributed by atoms with Crippen LogP contribution in [0.15, 0.2) is 54.9 Å². The summed E-state index contributed by atoms with van der Waals surface area (Å²) in [6.45, 7) is 0. The van der Waals surface area contributed by atoms with Crippen molar-refractivity contribution in [3.8, 4) is 0 Å². The quantitative estimate of drug-likeness (QED) is 0.766. The predicted molar refractivity (Wildman–Crippen MR) is 90.3 cm³/mol. The molecule has 0 bridgehead atoms. The Morgan fingerprint density at radius 1 is 1.16 bits per heavy atom. The molecule has 1 unspecified atom stereocenters. The van der Waals surface area contributed by atoms with Crippen molar-refractivity contribution >= 4 is 17.5 Å². The van der Waals surface area contributed by atoms with E-state index in [4.69, 9.17) is 11.6 Å². The van der Waals surface area contributed by atoms with Gasteiger partial charge in [-0.25, -0.2) is 13.8 Å². The molecule has 2 aromatic carbocycles. The Kier molecular flexibility index (Phi) is 4.81. The maximum atomic E-state index is 13.2. The van der Waals surface area contributed by atoms with Crippen molar-refractivity contribution < 1.29 is 13.6 Å². The van der Waals surface area contributed by atoms with Crippen LogP contribution in [0.25, 0.3) is 0 Å². The molecule has 7 heteroatoms. The van der Waals surface area contributed by atoms with Crippen LogP contribution in [0.4, 0.5) is 8.78 Å². The normalized spacial score (nSPS) is 12.0. The summed E-state index contributed by atoms with van der Waals surface area (Å²) in [5.41, 5.74) is 0.798. The number of nitrogens with one attached hydrogen (secondary N) is 1. The van der Waals surface area contributed by atoms with Crippen LogP contribution in [0, 0.1) is 11.6 Å². The number of imidazole rings is 1. The average Bonchev–Trinajstić information content (AvgIpc) is 2.99. The van der Waals surface area contributed by atoms with Crippen molar-refractivity contribution in [2.45, 2.75) is 6.04 Å². The number of hydrogen-bond donors (Lipinski definition) is 1. The van der Waals surface area contributed by atoms with E-state index in [1.165, 1.54) is 18.2 Å². The maximum absolute atomic E-state index is 13.2. The Labute approximate surface area is 148 Å². The van der Waals surface area contributed by atoms with Crippen LogP contribution in [-0.4, -0.2) is 15.5 Å². The number of nitrogens with zero attached hydrogens (tertiary/aromatic N) is 2. The van der Waals surface area contributed by atoms with Gasteiger partial charge >= 0.3 is 0 Å². The van der Waals surface area contributed by atoms with Gasteiger partial charge in [-0.1, -0.05) is 23.7 Å². The highest BCUT2D eigenvalue weighted by atomic mass is 35.5. The summed E-state index contributed by atoms with van der Waals surface area (Å²) in [6.07, 6.45) is 3.34. The van der Waals surface area contributed by atoms with Crippen LogP contribution >= 0.6 is 11.6 Å². The second kappa shape index (κ2) is 7.03. The molecule has 0 aliphatic rings. The molecule has 0 saturated heterocycles. The number of benzene rings is 2. The third kappa shape index (κ3) is 3.69. The van der Waals surface area contributed by atoms with Crippen LogP contribution in [0.3, 0.4) is 0 Å². The molecular formula is C18H14ClF2N3O. The summed E-state index contributed by atoms with van der Waals surface area (Å²) >= 11 is 5.96. The van der Waals surface area contributed by atoms with Gasteiger partial charge in [0.15, 0.2) is 0 Å². The van der Waals surface area contributed by atoms with Crippen LogP contribution in [0.5, 0.6) is 0 Å². The molecule has 3 aromatic rings. The van der Waals surface area contributed by atoms with Crippen LogP contribution in [0.1, 0.15) is 27.8 Å². The topological polar surface area (TPSA) is 46.9 Å². The molecule has 0 aliphatic heterocycles. The van der Waals surface area contributed by atoms with E-state index in [-0.39, 0.29) is 16.4 Å². The third-order valence-electron chi connectivity index (χ3n) is 3.77. The van der Waals surface area contributed by atoms with E-state index >= 15 is 0 Å². The summed E-state index contributed by atoms with van der Waals surface area (Å²) in [7, 11) is 1.79. The molecule has 0 radical (unpaired) electrons. The van der Waals surface area contributed by atoms with Gasteiger partial charge in [-0.3, -0.25) is 4.79 Å². The minimum Gasteiger partial charge on any atom is -0.338 e. The lowest BCUT2D eigenvalue weighted by atomic mass is 10.1. The Morgan fingerprint density at radius 2 is 1.84 bits per heavy atom. The highest BCUT2D eigenvalue weighted by Crippen LogP contribution is 2.23. The predicted octanol–water partition coefficient (Wildman–Crippen LogP) is 3.87. The minimum absolute atomic E-state index is 0.00944. The Morgan fingerprint density at radius 3 is 2.44 bits per heavy atom. The van der Waals surface area contributed by atoms with Crippen molar-refractivity contribution in [2.24, 2.45) is 7.05 Å². The Hall–Kier alpha value is -2.73. The highest BCUT2D eigenvalue weighted by Gasteiger charge is 2.22. The largest absolute Gasteiger partial charge is 0.338 e. The van der Waals surface area contributed by atoms with Gasteiger partial charge in [-0.15, -0.1) is 0 Å². The first-order chi connectivity index (χ1) is 12.0. The minimum atomic E-state index is -0.616. The first kappa shape index (κ1) is 17.1. The number of amides is 1. The summed E-state index contributed by atoms with van der Waals surface area (Å²) in [5.74, 6) is -0.823. The fourth-order valence-corrected chi connectivity index (χ4v) is 2.74. The molecule has 1 amide bonds. The molecule has 25 heavy (non-hydrogen) atoms. The zero-order valence-electron chi connectivity index (χ0n) is 13.2. The molecule has 1 atom stereocenters. The number of aromatic nitrogens is 2. The lowest BCUT2D eigenvalue weighted by molar-refractivity contribution is 0.0941. The van der Waals surface area contributed by atoms with E-state index in [0.717, 1.165) is 12.1 Å². The zero-order valence-corrected chi connectivity index (χ0v) is 14.0.